The molecule has 0 saturated carbocycles. The maximum absolute atomic E-state index is 12.1. The lowest BCUT2D eigenvalue weighted by Crippen LogP contribution is -2.36. The van der Waals surface area contributed by atoms with Crippen LogP contribution >= 0.6 is 0 Å². The number of carbonyl (C=O) groups is 1. The number of aromatic nitrogens is 4. The summed E-state index contributed by atoms with van der Waals surface area (Å²) in [5.41, 5.74) is 2.15. The quantitative estimate of drug-likeness (QED) is 0.686. The van der Waals surface area contributed by atoms with Crippen molar-refractivity contribution < 1.29 is 4.79 Å². The zero-order valence-electron chi connectivity index (χ0n) is 14.7. The maximum Gasteiger partial charge on any atom is 0.315 e. The minimum atomic E-state index is -0.196. The number of hydrogen-bond acceptors (Lipinski definition) is 4. The highest BCUT2D eigenvalue weighted by Crippen LogP contribution is 2.17. The largest absolute Gasteiger partial charge is 0.338 e. The van der Waals surface area contributed by atoms with Gasteiger partial charge in [0, 0.05) is 24.8 Å². The molecule has 3 aromatic rings. The lowest BCUT2D eigenvalue weighted by atomic mass is 9.98. The molecule has 0 radical (unpaired) electrons. The predicted molar refractivity (Wildman–Crippen MR) is 98.9 cm³/mol. The van der Waals surface area contributed by atoms with E-state index < -0.39 is 0 Å². The summed E-state index contributed by atoms with van der Waals surface area (Å²) in [4.78, 5) is 20.3. The van der Waals surface area contributed by atoms with Crippen LogP contribution in [0.2, 0.25) is 0 Å². The van der Waals surface area contributed by atoms with E-state index in [1.807, 2.05) is 30.3 Å². The van der Waals surface area contributed by atoms with Crippen molar-refractivity contribution in [3.8, 4) is 5.82 Å². The molecule has 0 saturated heterocycles. The van der Waals surface area contributed by atoms with Gasteiger partial charge in [0.15, 0.2) is 5.82 Å². The number of rotatable bonds is 7. The molecular formula is C19H22N6O. The van der Waals surface area contributed by atoms with Gasteiger partial charge in [-0.15, -0.1) is 0 Å². The number of nitrogens with one attached hydrogen (secondary N) is 2. The zero-order valence-corrected chi connectivity index (χ0v) is 14.7. The summed E-state index contributed by atoms with van der Waals surface area (Å²) in [6, 6.07) is 13.8. The lowest BCUT2D eigenvalue weighted by molar-refractivity contribution is 0.240. The molecule has 2 N–H and O–H groups in total. The van der Waals surface area contributed by atoms with Crippen LogP contribution in [0, 0.1) is 0 Å². The number of carbonyl (C=O) groups excluding carboxylic acids is 1. The summed E-state index contributed by atoms with van der Waals surface area (Å²) < 4.78 is 1.58. The van der Waals surface area contributed by atoms with Gasteiger partial charge in [-0.25, -0.2) is 19.4 Å². The third-order valence-corrected chi connectivity index (χ3v) is 4.17. The fourth-order valence-electron chi connectivity index (χ4n) is 2.68. The lowest BCUT2D eigenvalue weighted by Gasteiger charge is -2.13. The fraction of sp³-hybridized carbons (Fsp3) is 0.263. The second-order valence-electron chi connectivity index (χ2n) is 6.04. The van der Waals surface area contributed by atoms with E-state index in [1.54, 1.807) is 17.2 Å². The second-order valence-corrected chi connectivity index (χ2v) is 6.04. The van der Waals surface area contributed by atoms with Crippen LogP contribution in [0.4, 0.5) is 4.79 Å². The van der Waals surface area contributed by atoms with Gasteiger partial charge >= 0.3 is 6.03 Å². The van der Waals surface area contributed by atoms with Gasteiger partial charge in [0.05, 0.1) is 0 Å². The normalized spacial score (nSPS) is 11.7. The topological polar surface area (TPSA) is 84.7 Å². The Morgan fingerprint density at radius 1 is 1.15 bits per heavy atom. The molecule has 0 bridgehead atoms. The van der Waals surface area contributed by atoms with Crippen LogP contribution in [0.15, 0.2) is 61.3 Å². The van der Waals surface area contributed by atoms with Crippen molar-refractivity contribution in [1.82, 2.24) is 30.4 Å². The molecule has 1 atom stereocenters. The zero-order chi connectivity index (χ0) is 18.2. The van der Waals surface area contributed by atoms with Gasteiger partial charge in [0.1, 0.15) is 12.7 Å². The van der Waals surface area contributed by atoms with Gasteiger partial charge in [-0.3, -0.25) is 0 Å². The molecular weight excluding hydrogens is 328 g/mol. The molecule has 2 aromatic heterocycles. The first-order chi connectivity index (χ1) is 12.7. The van der Waals surface area contributed by atoms with E-state index in [1.165, 1.54) is 11.9 Å². The Kier molecular flexibility index (Phi) is 5.92. The van der Waals surface area contributed by atoms with E-state index in [9.17, 15) is 4.79 Å². The van der Waals surface area contributed by atoms with Crippen LogP contribution in [0.5, 0.6) is 0 Å². The minimum absolute atomic E-state index is 0.196. The Morgan fingerprint density at radius 2 is 2.00 bits per heavy atom. The molecule has 134 valence electrons. The third kappa shape index (κ3) is 4.66. The molecule has 0 fully saturated rings. The minimum Gasteiger partial charge on any atom is -0.338 e. The van der Waals surface area contributed by atoms with Crippen LogP contribution in [-0.4, -0.2) is 32.3 Å². The summed E-state index contributed by atoms with van der Waals surface area (Å²) in [5, 5.41) is 9.85. The van der Waals surface area contributed by atoms with E-state index in [-0.39, 0.29) is 6.03 Å². The fourth-order valence-corrected chi connectivity index (χ4v) is 2.68. The maximum atomic E-state index is 12.1. The average molecular weight is 350 g/mol. The molecule has 0 spiro atoms. The van der Waals surface area contributed by atoms with Crippen molar-refractivity contribution in [3.63, 3.8) is 0 Å². The summed E-state index contributed by atoms with van der Waals surface area (Å²) >= 11 is 0. The molecule has 7 nitrogen and oxygen atoms in total. The first-order valence-corrected chi connectivity index (χ1v) is 8.59. The average Bonchev–Trinajstić information content (AvgIpc) is 3.22. The molecule has 0 aliphatic rings. The number of nitrogens with zero attached hydrogens (tertiary/aromatic N) is 4. The van der Waals surface area contributed by atoms with Gasteiger partial charge in [0.2, 0.25) is 0 Å². The molecule has 1 aromatic carbocycles. The third-order valence-electron chi connectivity index (χ3n) is 4.17. The van der Waals surface area contributed by atoms with Crippen molar-refractivity contribution in [1.29, 1.82) is 0 Å². The highest BCUT2D eigenvalue weighted by Gasteiger charge is 2.09. The van der Waals surface area contributed by atoms with Gasteiger partial charge < -0.3 is 10.6 Å². The Hall–Kier alpha value is -3.22. The molecule has 0 aliphatic carbocycles. The number of pyridine rings is 1. The first-order valence-electron chi connectivity index (χ1n) is 8.59. The Bertz CT molecular complexity index is 819. The highest BCUT2D eigenvalue weighted by atomic mass is 16.2. The van der Waals surface area contributed by atoms with Crippen LogP contribution in [0.25, 0.3) is 5.82 Å². The van der Waals surface area contributed by atoms with Crippen LogP contribution in [0.1, 0.15) is 30.4 Å². The molecule has 2 amide bonds. The van der Waals surface area contributed by atoms with Crippen molar-refractivity contribution in [2.45, 2.75) is 25.8 Å². The van der Waals surface area contributed by atoms with Gasteiger partial charge in [-0.2, -0.15) is 5.10 Å². The van der Waals surface area contributed by atoms with Crippen LogP contribution < -0.4 is 10.6 Å². The monoisotopic (exact) mass is 350 g/mol. The van der Waals surface area contributed by atoms with E-state index in [0.717, 1.165) is 12.0 Å². The van der Waals surface area contributed by atoms with E-state index in [4.69, 9.17) is 0 Å². The predicted octanol–water partition coefficient (Wildman–Crippen LogP) is 2.66. The van der Waals surface area contributed by atoms with E-state index >= 15 is 0 Å². The molecule has 3 rings (SSSR count). The summed E-state index contributed by atoms with van der Waals surface area (Å²) in [6.07, 6.45) is 5.60. The van der Waals surface area contributed by atoms with Gasteiger partial charge in [0.25, 0.3) is 0 Å². The Balaban J connectivity index is 1.46. The van der Waals surface area contributed by atoms with Crippen molar-refractivity contribution in [2.75, 3.05) is 6.54 Å². The molecule has 0 aliphatic heterocycles. The first kappa shape index (κ1) is 17.6. The smallest absolute Gasteiger partial charge is 0.315 e. The van der Waals surface area contributed by atoms with Crippen molar-refractivity contribution >= 4 is 6.03 Å². The Labute approximate surface area is 152 Å². The summed E-state index contributed by atoms with van der Waals surface area (Å²) in [6.45, 7) is 3.14. The van der Waals surface area contributed by atoms with Gasteiger partial charge in [-0.05, 0) is 24.0 Å². The van der Waals surface area contributed by atoms with Crippen LogP contribution in [0.3, 0.4) is 0 Å². The number of urea groups is 1. The standard InChI is InChI=1S/C19H22N6O/c1-15(16-6-3-2-4-7-16)9-11-22-19(26)23-12-17-8-5-10-21-18(17)25-14-20-13-24-25/h2-8,10,13-15H,9,11-12H2,1H3,(H2,22,23,26). The van der Waals surface area contributed by atoms with Crippen molar-refractivity contribution in [2.24, 2.45) is 0 Å². The highest BCUT2D eigenvalue weighted by molar-refractivity contribution is 5.73. The van der Waals surface area contributed by atoms with Gasteiger partial charge in [-0.1, -0.05) is 43.3 Å². The molecule has 26 heavy (non-hydrogen) atoms. The summed E-state index contributed by atoms with van der Waals surface area (Å²) in [7, 11) is 0. The molecule has 2 heterocycles. The summed E-state index contributed by atoms with van der Waals surface area (Å²) in [5.74, 6) is 1.05. The second kappa shape index (κ2) is 8.75. The molecule has 1 unspecified atom stereocenters. The number of amides is 2. The SMILES string of the molecule is CC(CCNC(=O)NCc1cccnc1-n1cncn1)c1ccccc1. The van der Waals surface area contributed by atoms with Crippen molar-refractivity contribution in [3.05, 3.63) is 72.4 Å². The number of benzene rings is 1. The van der Waals surface area contributed by atoms with E-state index in [0.29, 0.717) is 24.8 Å². The number of hydrogen-bond donors (Lipinski definition) is 2. The van der Waals surface area contributed by atoms with Crippen LogP contribution in [-0.2, 0) is 6.54 Å². The molecule has 7 heteroatoms. The van der Waals surface area contributed by atoms with E-state index in [2.05, 4.69) is 44.8 Å². The Morgan fingerprint density at radius 3 is 2.77 bits per heavy atom.